The van der Waals surface area contributed by atoms with E-state index in [1.54, 1.807) is 38.5 Å². The Morgan fingerprint density at radius 1 is 1.08 bits per heavy atom. The third kappa shape index (κ3) is 3.23. The minimum Gasteiger partial charge on any atom is -0.493 e. The average molecular weight is 362 g/mol. The standard InChI is InChI=1S/C18H16ClNO5/c1-21-14-7-12-13(8-15(14)22-2)20-16(24-18-17(12)25-18)9-23-11-5-3-10(19)4-6-11/h3-8,17-18H,9H2,1-2H3. The topological polar surface area (TPSA) is 61.8 Å². The summed E-state index contributed by atoms with van der Waals surface area (Å²) in [5, 5.41) is 0.652. The maximum atomic E-state index is 5.87. The number of fused-ring (bicyclic) bond motifs is 3. The Bertz CT molecular complexity index is 821. The van der Waals surface area contributed by atoms with Crippen molar-refractivity contribution in [3.05, 3.63) is 47.0 Å². The van der Waals surface area contributed by atoms with Gasteiger partial charge in [0.25, 0.3) is 0 Å². The highest BCUT2D eigenvalue weighted by molar-refractivity contribution is 6.30. The minimum atomic E-state index is -0.355. The zero-order valence-electron chi connectivity index (χ0n) is 13.7. The number of methoxy groups -OCH3 is 2. The van der Waals surface area contributed by atoms with Crippen LogP contribution in [0.15, 0.2) is 41.4 Å². The Labute approximate surface area is 149 Å². The van der Waals surface area contributed by atoms with Crippen molar-refractivity contribution in [2.75, 3.05) is 20.8 Å². The largest absolute Gasteiger partial charge is 0.493 e. The first-order valence-electron chi connectivity index (χ1n) is 7.72. The van der Waals surface area contributed by atoms with Crippen LogP contribution in [0.5, 0.6) is 17.2 Å². The first-order chi connectivity index (χ1) is 12.2. The fourth-order valence-corrected chi connectivity index (χ4v) is 2.78. The van der Waals surface area contributed by atoms with Gasteiger partial charge in [-0.1, -0.05) is 11.6 Å². The summed E-state index contributed by atoms with van der Waals surface area (Å²) in [5.74, 6) is 2.35. The molecule has 0 spiro atoms. The zero-order valence-corrected chi connectivity index (χ0v) is 14.4. The Morgan fingerprint density at radius 2 is 1.80 bits per heavy atom. The molecule has 0 amide bonds. The van der Waals surface area contributed by atoms with Crippen molar-refractivity contribution in [1.29, 1.82) is 0 Å². The van der Waals surface area contributed by atoms with Gasteiger partial charge in [0.2, 0.25) is 12.2 Å². The molecule has 7 heteroatoms. The van der Waals surface area contributed by atoms with Crippen molar-refractivity contribution in [2.45, 2.75) is 12.4 Å². The van der Waals surface area contributed by atoms with Crippen LogP contribution < -0.4 is 14.2 Å². The second-order valence-corrected chi connectivity index (χ2v) is 5.99. The van der Waals surface area contributed by atoms with Crippen LogP contribution in [0.1, 0.15) is 11.7 Å². The highest BCUT2D eigenvalue weighted by atomic mass is 35.5. The maximum Gasteiger partial charge on any atom is 0.233 e. The zero-order chi connectivity index (χ0) is 17.4. The molecule has 0 aliphatic carbocycles. The number of hydrogen-bond donors (Lipinski definition) is 0. The maximum absolute atomic E-state index is 5.87. The molecular weight excluding hydrogens is 346 g/mol. The molecule has 0 bridgehead atoms. The van der Waals surface area contributed by atoms with E-state index >= 15 is 0 Å². The number of epoxide rings is 1. The number of hydrogen-bond acceptors (Lipinski definition) is 6. The van der Waals surface area contributed by atoms with E-state index in [-0.39, 0.29) is 19.0 Å². The summed E-state index contributed by atoms with van der Waals surface area (Å²) >= 11 is 5.87. The molecular formula is C18H16ClNO5. The predicted octanol–water partition coefficient (Wildman–Crippen LogP) is 3.89. The highest BCUT2D eigenvalue weighted by Crippen LogP contribution is 2.49. The molecule has 6 nitrogen and oxygen atoms in total. The molecule has 0 radical (unpaired) electrons. The number of ether oxygens (including phenoxy) is 5. The normalized spacial score (nSPS) is 20.4. The second kappa shape index (κ2) is 6.46. The number of halogens is 1. The van der Waals surface area contributed by atoms with Gasteiger partial charge >= 0.3 is 0 Å². The van der Waals surface area contributed by atoms with Crippen LogP contribution in [0.4, 0.5) is 5.69 Å². The van der Waals surface area contributed by atoms with Gasteiger partial charge in [-0.3, -0.25) is 0 Å². The monoisotopic (exact) mass is 361 g/mol. The van der Waals surface area contributed by atoms with E-state index in [1.165, 1.54) is 0 Å². The number of nitrogens with zero attached hydrogens (tertiary/aromatic N) is 1. The smallest absolute Gasteiger partial charge is 0.233 e. The number of rotatable bonds is 5. The SMILES string of the molecule is COc1cc2c(cc1OC)C1OC1OC(COc1ccc(Cl)cc1)=N2. The van der Waals surface area contributed by atoms with Crippen LogP contribution in [0, 0.1) is 0 Å². The van der Waals surface area contributed by atoms with Crippen molar-refractivity contribution < 1.29 is 23.7 Å². The van der Waals surface area contributed by atoms with Crippen LogP contribution in [0.25, 0.3) is 0 Å². The number of benzene rings is 2. The fourth-order valence-electron chi connectivity index (χ4n) is 2.65. The molecule has 2 heterocycles. The van der Waals surface area contributed by atoms with E-state index in [0.29, 0.717) is 28.2 Å². The van der Waals surface area contributed by atoms with E-state index in [9.17, 15) is 0 Å². The summed E-state index contributed by atoms with van der Waals surface area (Å²) in [6, 6.07) is 10.8. The third-order valence-corrected chi connectivity index (χ3v) is 4.22. The molecule has 2 aromatic rings. The van der Waals surface area contributed by atoms with Crippen LogP contribution in [0.3, 0.4) is 0 Å². The van der Waals surface area contributed by atoms with E-state index in [1.807, 2.05) is 12.1 Å². The van der Waals surface area contributed by atoms with Gasteiger partial charge in [-0.15, -0.1) is 0 Å². The van der Waals surface area contributed by atoms with E-state index in [4.69, 9.17) is 35.3 Å². The van der Waals surface area contributed by atoms with Crippen LogP contribution in [-0.2, 0) is 9.47 Å². The highest BCUT2D eigenvalue weighted by Gasteiger charge is 2.47. The molecule has 1 saturated heterocycles. The summed E-state index contributed by atoms with van der Waals surface area (Å²) in [6.07, 6.45) is -0.515. The first-order valence-corrected chi connectivity index (χ1v) is 8.09. The lowest BCUT2D eigenvalue weighted by Crippen LogP contribution is -2.16. The summed E-state index contributed by atoms with van der Waals surface area (Å²) in [4.78, 5) is 4.56. The Balaban J connectivity index is 1.59. The summed E-state index contributed by atoms with van der Waals surface area (Å²) in [6.45, 7) is 0.183. The van der Waals surface area contributed by atoms with Crippen molar-refractivity contribution in [1.82, 2.24) is 0 Å². The van der Waals surface area contributed by atoms with Gasteiger partial charge in [0.1, 0.15) is 5.75 Å². The van der Waals surface area contributed by atoms with E-state index < -0.39 is 0 Å². The Hall–Kier alpha value is -2.44. The molecule has 2 aliphatic rings. The summed E-state index contributed by atoms with van der Waals surface area (Å²) in [7, 11) is 3.18. The van der Waals surface area contributed by atoms with Gasteiger partial charge in [0.15, 0.2) is 24.2 Å². The van der Waals surface area contributed by atoms with E-state index in [2.05, 4.69) is 4.99 Å². The molecule has 1 fully saturated rings. The number of aliphatic imine (C=N–C) groups is 1. The molecule has 4 rings (SSSR count). The van der Waals surface area contributed by atoms with Crippen molar-refractivity contribution in [2.24, 2.45) is 4.99 Å². The molecule has 130 valence electrons. The Morgan fingerprint density at radius 3 is 2.52 bits per heavy atom. The lowest BCUT2D eigenvalue weighted by molar-refractivity contribution is 0.154. The van der Waals surface area contributed by atoms with Gasteiger partial charge in [0.05, 0.1) is 19.9 Å². The average Bonchev–Trinajstić information content (AvgIpc) is 3.40. The van der Waals surface area contributed by atoms with Crippen molar-refractivity contribution in [3.8, 4) is 17.2 Å². The molecule has 0 N–H and O–H groups in total. The van der Waals surface area contributed by atoms with Crippen molar-refractivity contribution >= 4 is 23.2 Å². The first kappa shape index (κ1) is 16.1. The predicted molar refractivity (Wildman–Crippen MR) is 92.3 cm³/mol. The fraction of sp³-hybridized carbons (Fsp3) is 0.278. The van der Waals surface area contributed by atoms with Gasteiger partial charge in [0, 0.05) is 16.7 Å². The van der Waals surface area contributed by atoms with E-state index in [0.717, 1.165) is 11.3 Å². The quantitative estimate of drug-likeness (QED) is 0.756. The van der Waals surface area contributed by atoms with Crippen LogP contribution in [-0.4, -0.2) is 33.0 Å². The molecule has 2 unspecified atom stereocenters. The second-order valence-electron chi connectivity index (χ2n) is 5.56. The third-order valence-electron chi connectivity index (χ3n) is 3.96. The van der Waals surface area contributed by atoms with Gasteiger partial charge in [-0.05, 0) is 30.3 Å². The molecule has 25 heavy (non-hydrogen) atoms. The molecule has 2 atom stereocenters. The van der Waals surface area contributed by atoms with Crippen LogP contribution >= 0.6 is 11.6 Å². The molecule has 0 saturated carbocycles. The molecule has 2 aromatic carbocycles. The van der Waals surface area contributed by atoms with Gasteiger partial charge in [-0.25, -0.2) is 4.99 Å². The summed E-state index contributed by atoms with van der Waals surface area (Å²) in [5.41, 5.74) is 1.63. The minimum absolute atomic E-state index is 0.161. The Kier molecular flexibility index (Phi) is 4.15. The van der Waals surface area contributed by atoms with Crippen LogP contribution in [0.2, 0.25) is 5.02 Å². The van der Waals surface area contributed by atoms with Gasteiger partial charge < -0.3 is 23.7 Å². The summed E-state index contributed by atoms with van der Waals surface area (Å²) < 4.78 is 27.7. The van der Waals surface area contributed by atoms with Crippen molar-refractivity contribution in [3.63, 3.8) is 0 Å². The lowest BCUT2D eigenvalue weighted by atomic mass is 10.1. The molecule has 2 aliphatic heterocycles. The van der Waals surface area contributed by atoms with Gasteiger partial charge in [-0.2, -0.15) is 0 Å². The lowest BCUT2D eigenvalue weighted by Gasteiger charge is -2.11. The molecule has 0 aromatic heterocycles.